The molecule has 0 aliphatic carbocycles. The fourth-order valence-electron chi connectivity index (χ4n) is 1.48. The second kappa shape index (κ2) is 5.26. The first-order chi connectivity index (χ1) is 8.58. The molecule has 0 radical (unpaired) electrons. The first kappa shape index (κ1) is 12.7. The average molecular weight is 281 g/mol. The Kier molecular flexibility index (Phi) is 3.71. The molecular weight excluding hydrogens is 274 g/mol. The van der Waals surface area contributed by atoms with Gasteiger partial charge in [0.15, 0.2) is 0 Å². The highest BCUT2D eigenvalue weighted by Crippen LogP contribution is 2.25. The minimum Gasteiger partial charge on any atom is -0.355 e. The van der Waals surface area contributed by atoms with Gasteiger partial charge in [-0.3, -0.25) is 0 Å². The zero-order chi connectivity index (χ0) is 13.1. The summed E-state index contributed by atoms with van der Waals surface area (Å²) in [6.45, 7) is 0. The van der Waals surface area contributed by atoms with Crippen molar-refractivity contribution in [3.8, 4) is 6.07 Å². The van der Waals surface area contributed by atoms with Crippen molar-refractivity contribution in [2.24, 2.45) is 0 Å². The van der Waals surface area contributed by atoms with Crippen LogP contribution in [-0.2, 0) is 0 Å². The Morgan fingerprint density at radius 3 is 2.44 bits per heavy atom. The summed E-state index contributed by atoms with van der Waals surface area (Å²) in [4.78, 5) is 0. The lowest BCUT2D eigenvalue weighted by molar-refractivity contribution is 0.628. The van der Waals surface area contributed by atoms with Crippen molar-refractivity contribution in [2.45, 2.75) is 0 Å². The molecule has 2 rings (SSSR count). The molecule has 0 aliphatic rings. The van der Waals surface area contributed by atoms with Crippen LogP contribution >= 0.6 is 23.2 Å². The van der Waals surface area contributed by atoms with E-state index in [9.17, 15) is 4.39 Å². The molecule has 0 aromatic heterocycles. The third-order valence-electron chi connectivity index (χ3n) is 2.24. The van der Waals surface area contributed by atoms with Crippen LogP contribution in [0.4, 0.5) is 15.8 Å². The van der Waals surface area contributed by atoms with Gasteiger partial charge < -0.3 is 5.32 Å². The lowest BCUT2D eigenvalue weighted by Crippen LogP contribution is -1.92. The average Bonchev–Trinajstić information content (AvgIpc) is 2.27. The number of halogens is 3. The van der Waals surface area contributed by atoms with Crippen LogP contribution in [0.5, 0.6) is 0 Å². The van der Waals surface area contributed by atoms with Gasteiger partial charge in [0.1, 0.15) is 11.9 Å². The van der Waals surface area contributed by atoms with Crippen molar-refractivity contribution in [1.29, 1.82) is 5.26 Å². The van der Waals surface area contributed by atoms with E-state index in [-0.39, 0.29) is 0 Å². The van der Waals surface area contributed by atoms with Crippen LogP contribution in [0.2, 0.25) is 10.0 Å². The van der Waals surface area contributed by atoms with E-state index in [2.05, 4.69) is 5.32 Å². The predicted octanol–water partition coefficient (Wildman–Crippen LogP) is 4.75. The Balaban J connectivity index is 2.29. The fourth-order valence-corrected chi connectivity index (χ4v) is 1.92. The third-order valence-corrected chi connectivity index (χ3v) is 2.77. The van der Waals surface area contributed by atoms with Gasteiger partial charge >= 0.3 is 0 Å². The molecule has 2 nitrogen and oxygen atoms in total. The number of hydrogen-bond donors (Lipinski definition) is 1. The fraction of sp³-hybridized carbons (Fsp3) is 0. The number of nitrogens with one attached hydrogen (secondary N) is 1. The van der Waals surface area contributed by atoms with Crippen molar-refractivity contribution < 1.29 is 4.39 Å². The van der Waals surface area contributed by atoms with E-state index in [1.165, 1.54) is 12.1 Å². The highest BCUT2D eigenvalue weighted by molar-refractivity contribution is 6.32. The van der Waals surface area contributed by atoms with Crippen LogP contribution in [0, 0.1) is 17.1 Å². The Morgan fingerprint density at radius 1 is 1.06 bits per heavy atom. The van der Waals surface area contributed by atoms with Crippen molar-refractivity contribution >= 4 is 34.6 Å². The summed E-state index contributed by atoms with van der Waals surface area (Å²) >= 11 is 11.6. The summed E-state index contributed by atoms with van der Waals surface area (Å²) in [7, 11) is 0. The molecule has 0 aliphatic heterocycles. The zero-order valence-electron chi connectivity index (χ0n) is 9.05. The van der Waals surface area contributed by atoms with Gasteiger partial charge in [-0.15, -0.1) is 0 Å². The minimum atomic E-state index is -0.426. The molecule has 18 heavy (non-hydrogen) atoms. The number of rotatable bonds is 2. The number of nitrogens with zero attached hydrogens (tertiary/aromatic N) is 1. The third kappa shape index (κ3) is 2.92. The number of nitriles is 1. The summed E-state index contributed by atoms with van der Waals surface area (Å²) in [5, 5.41) is 12.4. The molecule has 0 heterocycles. The van der Waals surface area contributed by atoms with E-state index >= 15 is 0 Å². The van der Waals surface area contributed by atoms with E-state index in [0.29, 0.717) is 27.0 Å². The van der Waals surface area contributed by atoms with Crippen LogP contribution in [0.15, 0.2) is 36.4 Å². The topological polar surface area (TPSA) is 35.8 Å². The highest BCUT2D eigenvalue weighted by Gasteiger charge is 2.03. The molecule has 0 atom stereocenters. The Hall–Kier alpha value is -1.76. The van der Waals surface area contributed by atoms with Gasteiger partial charge in [0.05, 0.1) is 10.6 Å². The molecule has 0 saturated heterocycles. The van der Waals surface area contributed by atoms with Gasteiger partial charge in [-0.05, 0) is 36.4 Å². The molecule has 0 amide bonds. The maximum absolute atomic E-state index is 13.1. The minimum absolute atomic E-state index is 0.303. The molecule has 5 heteroatoms. The van der Waals surface area contributed by atoms with Crippen molar-refractivity contribution in [1.82, 2.24) is 0 Å². The summed E-state index contributed by atoms with van der Waals surface area (Å²) in [6.07, 6.45) is 0. The largest absolute Gasteiger partial charge is 0.355 e. The smallest absolute Gasteiger partial charge is 0.126 e. The first-order valence-electron chi connectivity index (χ1n) is 5.01. The zero-order valence-corrected chi connectivity index (χ0v) is 10.6. The Morgan fingerprint density at radius 2 is 1.83 bits per heavy atom. The molecule has 0 spiro atoms. The lowest BCUT2D eigenvalue weighted by atomic mass is 10.2. The van der Waals surface area contributed by atoms with Crippen molar-refractivity contribution in [3.63, 3.8) is 0 Å². The summed E-state index contributed by atoms with van der Waals surface area (Å²) in [5.41, 5.74) is 1.56. The molecule has 0 fully saturated rings. The molecule has 1 N–H and O–H groups in total. The maximum Gasteiger partial charge on any atom is 0.126 e. The molecule has 2 aromatic rings. The van der Waals surface area contributed by atoms with Gasteiger partial charge in [-0.2, -0.15) is 5.26 Å². The molecule has 0 saturated carbocycles. The lowest BCUT2D eigenvalue weighted by Gasteiger charge is -2.08. The van der Waals surface area contributed by atoms with E-state index in [0.717, 1.165) is 0 Å². The summed E-state index contributed by atoms with van der Waals surface area (Å²) in [6, 6.07) is 11.0. The van der Waals surface area contributed by atoms with E-state index < -0.39 is 5.82 Å². The van der Waals surface area contributed by atoms with Crippen LogP contribution in [0.3, 0.4) is 0 Å². The van der Waals surface area contributed by atoms with Crippen LogP contribution in [0.1, 0.15) is 5.56 Å². The second-order valence-corrected chi connectivity index (χ2v) is 4.43. The molecular formula is C13H7Cl2FN2. The van der Waals surface area contributed by atoms with Crippen LogP contribution in [0.25, 0.3) is 0 Å². The Bertz CT molecular complexity index is 615. The normalized spacial score (nSPS) is 9.89. The molecule has 90 valence electrons. The molecule has 2 aromatic carbocycles. The number of hydrogen-bond acceptors (Lipinski definition) is 2. The van der Waals surface area contributed by atoms with Gasteiger partial charge in [-0.25, -0.2) is 4.39 Å². The van der Waals surface area contributed by atoms with E-state index in [1.54, 1.807) is 24.3 Å². The van der Waals surface area contributed by atoms with Crippen molar-refractivity contribution in [2.75, 3.05) is 5.32 Å². The maximum atomic E-state index is 13.1. The van der Waals surface area contributed by atoms with E-state index in [1.807, 2.05) is 6.07 Å². The quantitative estimate of drug-likeness (QED) is 0.862. The van der Waals surface area contributed by atoms with Crippen LogP contribution in [-0.4, -0.2) is 0 Å². The SMILES string of the molecule is N#Cc1ccc(Nc2cc(F)cc(Cl)c2)cc1Cl. The summed E-state index contributed by atoms with van der Waals surface area (Å²) in [5.74, 6) is -0.426. The predicted molar refractivity (Wildman–Crippen MR) is 70.9 cm³/mol. The van der Waals surface area contributed by atoms with E-state index in [4.69, 9.17) is 28.5 Å². The van der Waals surface area contributed by atoms with Gasteiger partial charge in [0, 0.05) is 16.4 Å². The van der Waals surface area contributed by atoms with Crippen molar-refractivity contribution in [3.05, 3.63) is 57.8 Å². The molecule has 0 unspecified atom stereocenters. The van der Waals surface area contributed by atoms with Gasteiger partial charge in [0.2, 0.25) is 0 Å². The molecule has 0 bridgehead atoms. The number of benzene rings is 2. The Labute approximate surface area is 114 Å². The van der Waals surface area contributed by atoms with Gasteiger partial charge in [-0.1, -0.05) is 23.2 Å². The first-order valence-corrected chi connectivity index (χ1v) is 5.77. The highest BCUT2D eigenvalue weighted by atomic mass is 35.5. The van der Waals surface area contributed by atoms with Crippen LogP contribution < -0.4 is 5.32 Å². The standard InChI is InChI=1S/C13H7Cl2FN2/c14-9-3-10(16)5-12(4-9)18-11-2-1-8(7-17)13(15)6-11/h1-6,18H. The number of anilines is 2. The summed E-state index contributed by atoms with van der Waals surface area (Å²) < 4.78 is 13.1. The monoisotopic (exact) mass is 280 g/mol. The van der Waals surface area contributed by atoms with Gasteiger partial charge in [0.25, 0.3) is 0 Å². The second-order valence-electron chi connectivity index (χ2n) is 3.59.